The van der Waals surface area contributed by atoms with Crippen LogP contribution in [0.2, 0.25) is 0 Å². The van der Waals surface area contributed by atoms with Gasteiger partial charge in [-0.2, -0.15) is 13.2 Å². The second kappa shape index (κ2) is 5.90. The number of aromatic nitrogens is 3. The number of aliphatic hydroxyl groups excluding tert-OH is 1. The van der Waals surface area contributed by atoms with Gasteiger partial charge >= 0.3 is 6.18 Å². The monoisotopic (exact) mass is 340 g/mol. The molecule has 9 heteroatoms. The van der Waals surface area contributed by atoms with E-state index in [4.69, 9.17) is 0 Å². The van der Waals surface area contributed by atoms with E-state index in [1.54, 1.807) is 7.05 Å². The average Bonchev–Trinajstić information content (AvgIpc) is 3.12. The van der Waals surface area contributed by atoms with Crippen LogP contribution in [0.25, 0.3) is 0 Å². The van der Waals surface area contributed by atoms with Crippen LogP contribution in [0.3, 0.4) is 0 Å². The molecule has 1 fully saturated rings. The maximum absolute atomic E-state index is 12.9. The Hall–Kier alpha value is -2.42. The van der Waals surface area contributed by atoms with Crippen LogP contribution in [0.5, 0.6) is 0 Å². The van der Waals surface area contributed by atoms with E-state index in [0.717, 1.165) is 12.1 Å². The molecule has 2 aromatic rings. The summed E-state index contributed by atoms with van der Waals surface area (Å²) in [4.78, 5) is 14.0. The molecule has 0 aliphatic carbocycles. The first-order valence-corrected chi connectivity index (χ1v) is 7.28. The normalized spacial score (nSPS) is 21.3. The van der Waals surface area contributed by atoms with Crippen LogP contribution in [0, 0.1) is 0 Å². The number of hydrogen-bond acceptors (Lipinski definition) is 4. The van der Waals surface area contributed by atoms with Crippen molar-refractivity contribution < 1.29 is 23.1 Å². The lowest BCUT2D eigenvalue weighted by atomic mass is 10.0. The summed E-state index contributed by atoms with van der Waals surface area (Å²) < 4.78 is 40.0. The number of aliphatic hydroxyl groups is 1. The highest BCUT2D eigenvalue weighted by Gasteiger charge is 2.38. The van der Waals surface area contributed by atoms with Crippen LogP contribution >= 0.6 is 0 Å². The summed E-state index contributed by atoms with van der Waals surface area (Å²) in [5.74, 6) is -0.429. The van der Waals surface area contributed by atoms with Crippen LogP contribution in [0.4, 0.5) is 13.2 Å². The van der Waals surface area contributed by atoms with Gasteiger partial charge in [-0.05, 0) is 24.1 Å². The molecule has 6 nitrogen and oxygen atoms in total. The van der Waals surface area contributed by atoms with E-state index >= 15 is 0 Å². The summed E-state index contributed by atoms with van der Waals surface area (Å²) in [5, 5.41) is 17.2. The Balaban J connectivity index is 1.94. The molecule has 1 saturated heterocycles. The first kappa shape index (κ1) is 16.4. The Labute approximate surface area is 135 Å². The predicted octanol–water partition coefficient (Wildman–Crippen LogP) is 1.78. The van der Waals surface area contributed by atoms with Crippen molar-refractivity contribution >= 4 is 5.91 Å². The van der Waals surface area contributed by atoms with E-state index in [1.807, 2.05) is 0 Å². The van der Waals surface area contributed by atoms with Gasteiger partial charge < -0.3 is 10.0 Å². The molecule has 2 heterocycles. The molecule has 1 amide bonds. The number of aryl methyl sites for hydroxylation is 1. The van der Waals surface area contributed by atoms with E-state index in [0.29, 0.717) is 5.56 Å². The SMILES string of the molecule is Cn1nncc1C(=O)N1C[C@H](O)C[C@@H]1c1cccc(C(F)(F)F)c1. The summed E-state index contributed by atoms with van der Waals surface area (Å²) in [5.41, 5.74) is -0.234. The third-order valence-electron chi connectivity index (χ3n) is 4.07. The standard InChI is InChI=1S/C15H15F3N4O2/c1-21-13(7-19-20-21)14(24)22-8-11(23)6-12(22)9-3-2-4-10(5-9)15(16,17)18/h2-5,7,11-12,23H,6,8H2,1H3/t11-,12-/m1/s1. The maximum Gasteiger partial charge on any atom is 0.416 e. The van der Waals surface area contributed by atoms with Gasteiger partial charge in [0.15, 0.2) is 0 Å². The molecule has 2 atom stereocenters. The topological polar surface area (TPSA) is 71.2 Å². The maximum atomic E-state index is 12.9. The van der Waals surface area contributed by atoms with Crippen molar-refractivity contribution in [1.82, 2.24) is 19.9 Å². The first-order valence-electron chi connectivity index (χ1n) is 7.28. The molecule has 1 aliphatic rings. The van der Waals surface area contributed by atoms with Crippen molar-refractivity contribution in [2.75, 3.05) is 6.54 Å². The molecule has 0 saturated carbocycles. The average molecular weight is 340 g/mol. The molecule has 0 spiro atoms. The van der Waals surface area contributed by atoms with Gasteiger partial charge in [0, 0.05) is 13.6 Å². The van der Waals surface area contributed by atoms with Crippen LogP contribution in [-0.2, 0) is 13.2 Å². The number of amides is 1. The number of rotatable bonds is 2. The van der Waals surface area contributed by atoms with E-state index in [2.05, 4.69) is 10.3 Å². The molecule has 3 rings (SSSR count). The summed E-state index contributed by atoms with van der Waals surface area (Å²) in [6.07, 6.45) is -3.79. The smallest absolute Gasteiger partial charge is 0.391 e. The zero-order chi connectivity index (χ0) is 17.5. The predicted molar refractivity (Wildman–Crippen MR) is 76.8 cm³/mol. The van der Waals surface area contributed by atoms with Gasteiger partial charge in [-0.1, -0.05) is 17.3 Å². The molecule has 128 valence electrons. The molecule has 1 N–H and O–H groups in total. The molecule has 0 radical (unpaired) electrons. The highest BCUT2D eigenvalue weighted by molar-refractivity contribution is 5.92. The molecule has 0 bridgehead atoms. The lowest BCUT2D eigenvalue weighted by molar-refractivity contribution is -0.137. The quantitative estimate of drug-likeness (QED) is 0.905. The van der Waals surface area contributed by atoms with Gasteiger partial charge in [-0.25, -0.2) is 4.68 Å². The van der Waals surface area contributed by atoms with E-state index in [-0.39, 0.29) is 18.7 Å². The van der Waals surface area contributed by atoms with E-state index < -0.39 is 29.8 Å². The second-order valence-electron chi connectivity index (χ2n) is 5.73. The van der Waals surface area contributed by atoms with Crippen LogP contribution in [-0.4, -0.2) is 43.6 Å². The number of carbonyl (C=O) groups excluding carboxylic acids is 1. The van der Waals surface area contributed by atoms with Crippen molar-refractivity contribution in [3.63, 3.8) is 0 Å². The number of halogens is 3. The Morgan fingerprint density at radius 3 is 2.75 bits per heavy atom. The van der Waals surface area contributed by atoms with Gasteiger partial charge in [0.2, 0.25) is 0 Å². The Morgan fingerprint density at radius 2 is 2.12 bits per heavy atom. The van der Waals surface area contributed by atoms with E-state index in [1.165, 1.54) is 27.9 Å². The van der Waals surface area contributed by atoms with E-state index in [9.17, 15) is 23.1 Å². The van der Waals surface area contributed by atoms with Crippen LogP contribution < -0.4 is 0 Å². The Morgan fingerprint density at radius 1 is 1.38 bits per heavy atom. The molecule has 1 aromatic carbocycles. The number of alkyl halides is 3. The number of carbonyl (C=O) groups is 1. The number of nitrogens with zero attached hydrogens (tertiary/aromatic N) is 4. The van der Waals surface area contributed by atoms with Crippen LogP contribution in [0.1, 0.15) is 34.1 Å². The van der Waals surface area contributed by atoms with Crippen molar-refractivity contribution in [2.45, 2.75) is 24.7 Å². The third-order valence-corrected chi connectivity index (χ3v) is 4.07. The van der Waals surface area contributed by atoms with Crippen molar-refractivity contribution in [2.24, 2.45) is 7.05 Å². The van der Waals surface area contributed by atoms with Gasteiger partial charge in [-0.15, -0.1) is 5.10 Å². The fraction of sp³-hybridized carbons (Fsp3) is 0.400. The van der Waals surface area contributed by atoms with Gasteiger partial charge in [0.1, 0.15) is 5.69 Å². The zero-order valence-electron chi connectivity index (χ0n) is 12.7. The summed E-state index contributed by atoms with van der Waals surface area (Å²) in [6, 6.07) is 4.19. The number of likely N-dealkylation sites (tertiary alicyclic amines) is 1. The van der Waals surface area contributed by atoms with Crippen molar-refractivity contribution in [1.29, 1.82) is 0 Å². The minimum Gasteiger partial charge on any atom is -0.391 e. The third kappa shape index (κ3) is 2.99. The molecule has 0 unspecified atom stereocenters. The minimum absolute atomic E-state index is 0.0466. The minimum atomic E-state index is -4.46. The highest BCUT2D eigenvalue weighted by atomic mass is 19.4. The number of hydrogen-bond donors (Lipinski definition) is 1. The first-order chi connectivity index (χ1) is 11.3. The summed E-state index contributed by atoms with van der Waals surface area (Å²) in [7, 11) is 1.55. The summed E-state index contributed by atoms with van der Waals surface area (Å²) >= 11 is 0. The fourth-order valence-corrected chi connectivity index (χ4v) is 2.91. The molecular formula is C15H15F3N4O2. The molecule has 24 heavy (non-hydrogen) atoms. The second-order valence-corrected chi connectivity index (χ2v) is 5.73. The van der Waals surface area contributed by atoms with Gasteiger partial charge in [0.05, 0.1) is 23.9 Å². The number of β-amino-alcohol motifs (C(OH)–C–C–N with tert-alkyl or cyclic N) is 1. The van der Waals surface area contributed by atoms with Crippen molar-refractivity contribution in [3.05, 3.63) is 47.3 Å². The molecular weight excluding hydrogens is 325 g/mol. The lowest BCUT2D eigenvalue weighted by Gasteiger charge is -2.25. The largest absolute Gasteiger partial charge is 0.416 e. The van der Waals surface area contributed by atoms with Gasteiger partial charge in [-0.3, -0.25) is 4.79 Å². The zero-order valence-corrected chi connectivity index (χ0v) is 12.7. The summed E-state index contributed by atoms with van der Waals surface area (Å²) in [6.45, 7) is 0.0466. The Kier molecular flexibility index (Phi) is 4.04. The van der Waals surface area contributed by atoms with Crippen LogP contribution in [0.15, 0.2) is 30.5 Å². The lowest BCUT2D eigenvalue weighted by Crippen LogP contribution is -2.33. The fourth-order valence-electron chi connectivity index (χ4n) is 2.91. The Bertz CT molecular complexity index is 759. The number of benzene rings is 1. The van der Waals surface area contributed by atoms with Gasteiger partial charge in [0.25, 0.3) is 5.91 Å². The highest BCUT2D eigenvalue weighted by Crippen LogP contribution is 2.36. The van der Waals surface area contributed by atoms with Crippen molar-refractivity contribution in [3.8, 4) is 0 Å². The molecule has 1 aliphatic heterocycles. The molecule has 1 aromatic heterocycles.